The molecule has 2 heterocycles. The highest BCUT2D eigenvalue weighted by Gasteiger charge is 2.33. The molecular formula is C16H19N3O2. The number of nitrogens with zero attached hydrogens (tertiary/aromatic N) is 2. The van der Waals surface area contributed by atoms with E-state index in [2.05, 4.69) is 34.4 Å². The second-order valence-corrected chi connectivity index (χ2v) is 5.59. The first-order valence-corrected chi connectivity index (χ1v) is 7.09. The summed E-state index contributed by atoms with van der Waals surface area (Å²) in [5.74, 6) is 0.408. The van der Waals surface area contributed by atoms with Crippen molar-refractivity contribution in [1.82, 2.24) is 15.2 Å². The Kier molecular flexibility index (Phi) is 3.75. The summed E-state index contributed by atoms with van der Waals surface area (Å²) >= 11 is 0. The van der Waals surface area contributed by atoms with Gasteiger partial charge >= 0.3 is 0 Å². The topological polar surface area (TPSA) is 58.4 Å². The van der Waals surface area contributed by atoms with Gasteiger partial charge in [0.1, 0.15) is 0 Å². The molecule has 2 aromatic rings. The summed E-state index contributed by atoms with van der Waals surface area (Å²) in [6, 6.07) is 10.4. The average molecular weight is 285 g/mol. The number of aryl methyl sites for hydroxylation is 1. The molecule has 2 unspecified atom stereocenters. The standard InChI is InChI=1S/C16H19N3O2/c1-11-15(21-10-17-11)16(20)18-14-9-19(2)8-13(14)12-6-4-3-5-7-12/h3-7,10,13-14H,8-9H2,1-2H3,(H,18,20). The molecule has 1 aromatic heterocycles. The molecule has 0 aliphatic carbocycles. The normalized spacial score (nSPS) is 22.4. The lowest BCUT2D eigenvalue weighted by Crippen LogP contribution is -2.39. The molecule has 0 bridgehead atoms. The van der Waals surface area contributed by atoms with Crippen molar-refractivity contribution in [3.63, 3.8) is 0 Å². The molecule has 5 nitrogen and oxygen atoms in total. The average Bonchev–Trinajstić information content (AvgIpc) is 3.06. The van der Waals surface area contributed by atoms with E-state index in [0.717, 1.165) is 13.1 Å². The van der Waals surface area contributed by atoms with Gasteiger partial charge in [-0.2, -0.15) is 0 Å². The molecule has 1 amide bonds. The Labute approximate surface area is 124 Å². The highest BCUT2D eigenvalue weighted by Crippen LogP contribution is 2.27. The number of likely N-dealkylation sites (N-methyl/N-ethyl adjacent to an activating group) is 1. The van der Waals surface area contributed by atoms with Gasteiger partial charge in [-0.05, 0) is 19.5 Å². The van der Waals surface area contributed by atoms with Gasteiger partial charge in [-0.3, -0.25) is 4.79 Å². The van der Waals surface area contributed by atoms with Crippen LogP contribution in [0.4, 0.5) is 0 Å². The van der Waals surface area contributed by atoms with Crippen LogP contribution in [0.2, 0.25) is 0 Å². The number of oxazole rings is 1. The molecule has 1 aromatic carbocycles. The van der Waals surface area contributed by atoms with Gasteiger partial charge in [-0.15, -0.1) is 0 Å². The number of carbonyl (C=O) groups is 1. The second-order valence-electron chi connectivity index (χ2n) is 5.59. The Morgan fingerprint density at radius 1 is 1.33 bits per heavy atom. The molecule has 1 saturated heterocycles. The molecule has 3 rings (SSSR count). The van der Waals surface area contributed by atoms with Gasteiger partial charge in [0, 0.05) is 19.0 Å². The molecule has 2 atom stereocenters. The van der Waals surface area contributed by atoms with Gasteiger partial charge in [-0.1, -0.05) is 30.3 Å². The van der Waals surface area contributed by atoms with Crippen molar-refractivity contribution in [2.24, 2.45) is 0 Å². The number of hydrogen-bond donors (Lipinski definition) is 1. The molecule has 1 N–H and O–H groups in total. The Hall–Kier alpha value is -2.14. The van der Waals surface area contributed by atoms with E-state index in [-0.39, 0.29) is 11.9 Å². The van der Waals surface area contributed by atoms with E-state index in [0.29, 0.717) is 17.4 Å². The van der Waals surface area contributed by atoms with Crippen molar-refractivity contribution >= 4 is 5.91 Å². The zero-order chi connectivity index (χ0) is 14.8. The molecule has 0 spiro atoms. The maximum Gasteiger partial charge on any atom is 0.289 e. The minimum Gasteiger partial charge on any atom is -0.438 e. The number of amides is 1. The fraction of sp³-hybridized carbons (Fsp3) is 0.375. The third-order valence-corrected chi connectivity index (χ3v) is 4.00. The number of carbonyl (C=O) groups excluding carboxylic acids is 1. The van der Waals surface area contributed by atoms with Crippen LogP contribution >= 0.6 is 0 Å². The monoisotopic (exact) mass is 285 g/mol. The van der Waals surface area contributed by atoms with Gasteiger partial charge in [0.15, 0.2) is 6.39 Å². The van der Waals surface area contributed by atoms with E-state index in [1.807, 2.05) is 18.2 Å². The predicted octanol–water partition coefficient (Wildman–Crippen LogP) is 1.81. The Bertz CT molecular complexity index is 623. The summed E-state index contributed by atoms with van der Waals surface area (Å²) in [6.07, 6.45) is 1.31. The van der Waals surface area contributed by atoms with Crippen LogP contribution in [0.5, 0.6) is 0 Å². The lowest BCUT2D eigenvalue weighted by molar-refractivity contribution is 0.0906. The maximum atomic E-state index is 12.3. The molecule has 1 fully saturated rings. The Morgan fingerprint density at radius 3 is 2.76 bits per heavy atom. The van der Waals surface area contributed by atoms with E-state index in [9.17, 15) is 4.79 Å². The number of nitrogens with one attached hydrogen (secondary N) is 1. The zero-order valence-corrected chi connectivity index (χ0v) is 12.2. The molecule has 0 saturated carbocycles. The maximum absolute atomic E-state index is 12.3. The van der Waals surface area contributed by atoms with Crippen LogP contribution in [0.3, 0.4) is 0 Å². The highest BCUT2D eigenvalue weighted by atomic mass is 16.3. The summed E-state index contributed by atoms with van der Waals surface area (Å²) in [4.78, 5) is 18.5. The molecule has 110 valence electrons. The van der Waals surface area contributed by atoms with Crippen LogP contribution in [-0.2, 0) is 0 Å². The van der Waals surface area contributed by atoms with Gasteiger partial charge in [-0.25, -0.2) is 4.98 Å². The van der Waals surface area contributed by atoms with Crippen molar-refractivity contribution in [2.75, 3.05) is 20.1 Å². The molecule has 1 aliphatic rings. The largest absolute Gasteiger partial charge is 0.438 e. The summed E-state index contributed by atoms with van der Waals surface area (Å²) < 4.78 is 5.17. The van der Waals surface area contributed by atoms with E-state index in [1.54, 1.807) is 6.92 Å². The van der Waals surface area contributed by atoms with Crippen molar-refractivity contribution in [3.8, 4) is 0 Å². The first kappa shape index (κ1) is 13.8. The van der Waals surface area contributed by atoms with Crippen LogP contribution in [0.15, 0.2) is 41.1 Å². The van der Waals surface area contributed by atoms with Crippen LogP contribution < -0.4 is 5.32 Å². The van der Waals surface area contributed by atoms with E-state index < -0.39 is 0 Å². The van der Waals surface area contributed by atoms with Gasteiger partial charge < -0.3 is 14.6 Å². The fourth-order valence-corrected chi connectivity index (χ4v) is 2.94. The zero-order valence-electron chi connectivity index (χ0n) is 12.2. The lowest BCUT2D eigenvalue weighted by Gasteiger charge is -2.19. The molecule has 0 radical (unpaired) electrons. The second kappa shape index (κ2) is 5.69. The van der Waals surface area contributed by atoms with Crippen molar-refractivity contribution in [2.45, 2.75) is 18.9 Å². The summed E-state index contributed by atoms with van der Waals surface area (Å²) in [7, 11) is 2.07. The molecule has 21 heavy (non-hydrogen) atoms. The number of hydrogen-bond acceptors (Lipinski definition) is 4. The molecular weight excluding hydrogens is 266 g/mol. The van der Waals surface area contributed by atoms with Crippen LogP contribution in [0.1, 0.15) is 27.7 Å². The third-order valence-electron chi connectivity index (χ3n) is 4.00. The smallest absolute Gasteiger partial charge is 0.289 e. The fourth-order valence-electron chi connectivity index (χ4n) is 2.94. The van der Waals surface area contributed by atoms with Crippen molar-refractivity contribution in [1.29, 1.82) is 0 Å². The number of aromatic nitrogens is 1. The SMILES string of the molecule is Cc1ncoc1C(=O)NC1CN(C)CC1c1ccccc1. The molecule has 5 heteroatoms. The Morgan fingerprint density at radius 2 is 2.10 bits per heavy atom. The van der Waals surface area contributed by atoms with E-state index >= 15 is 0 Å². The summed E-state index contributed by atoms with van der Waals surface area (Å²) in [5, 5.41) is 3.09. The van der Waals surface area contributed by atoms with Crippen molar-refractivity contribution in [3.05, 3.63) is 53.7 Å². The van der Waals surface area contributed by atoms with Gasteiger partial charge in [0.25, 0.3) is 5.91 Å². The first-order valence-electron chi connectivity index (χ1n) is 7.09. The van der Waals surface area contributed by atoms with E-state index in [1.165, 1.54) is 12.0 Å². The van der Waals surface area contributed by atoms with Crippen LogP contribution in [0, 0.1) is 6.92 Å². The summed E-state index contributed by atoms with van der Waals surface area (Å²) in [5.41, 5.74) is 1.87. The number of rotatable bonds is 3. The minimum atomic E-state index is -0.189. The summed E-state index contributed by atoms with van der Waals surface area (Å²) in [6.45, 7) is 3.54. The third kappa shape index (κ3) is 2.83. The minimum absolute atomic E-state index is 0.0781. The van der Waals surface area contributed by atoms with Gasteiger partial charge in [0.05, 0.1) is 11.7 Å². The van der Waals surface area contributed by atoms with E-state index in [4.69, 9.17) is 4.42 Å². The van der Waals surface area contributed by atoms with Crippen molar-refractivity contribution < 1.29 is 9.21 Å². The van der Waals surface area contributed by atoms with Crippen LogP contribution in [-0.4, -0.2) is 42.0 Å². The molecule has 1 aliphatic heterocycles. The Balaban J connectivity index is 1.77. The first-order chi connectivity index (χ1) is 10.1. The predicted molar refractivity (Wildman–Crippen MR) is 79.2 cm³/mol. The highest BCUT2D eigenvalue weighted by molar-refractivity contribution is 5.92. The van der Waals surface area contributed by atoms with Gasteiger partial charge in [0.2, 0.25) is 5.76 Å². The number of likely N-dealkylation sites (tertiary alicyclic amines) is 1. The lowest BCUT2D eigenvalue weighted by atomic mass is 9.94. The van der Waals surface area contributed by atoms with Crippen LogP contribution in [0.25, 0.3) is 0 Å². The quantitative estimate of drug-likeness (QED) is 0.934. The number of benzene rings is 1.